The third-order valence-corrected chi connectivity index (χ3v) is 4.24. The van der Waals surface area contributed by atoms with Crippen LogP contribution >= 0.6 is 0 Å². The molecule has 0 aliphatic carbocycles. The van der Waals surface area contributed by atoms with E-state index in [9.17, 15) is 9.18 Å². The van der Waals surface area contributed by atoms with Crippen molar-refractivity contribution in [2.24, 2.45) is 4.99 Å². The third kappa shape index (κ3) is 3.35. The number of nitrogens with zero attached hydrogens (tertiary/aromatic N) is 3. The molecule has 6 heteroatoms. The molecule has 0 bridgehead atoms. The Morgan fingerprint density at radius 1 is 1.15 bits per heavy atom. The first-order valence-corrected chi connectivity index (χ1v) is 8.28. The summed E-state index contributed by atoms with van der Waals surface area (Å²) in [6.07, 6.45) is 15.0. The first-order chi connectivity index (χ1) is 12.7. The monoisotopic (exact) mass is 348 g/mol. The summed E-state index contributed by atoms with van der Waals surface area (Å²) in [4.78, 5) is 20.8. The summed E-state index contributed by atoms with van der Waals surface area (Å²) in [6, 6.07) is 6.08. The molecule has 0 saturated heterocycles. The van der Waals surface area contributed by atoms with Crippen LogP contribution in [0.25, 0.3) is 0 Å². The minimum Gasteiger partial charge on any atom is -0.348 e. The van der Waals surface area contributed by atoms with Crippen LogP contribution in [0.5, 0.6) is 0 Å². The summed E-state index contributed by atoms with van der Waals surface area (Å²) in [6.45, 7) is 0.933. The fourth-order valence-corrected chi connectivity index (χ4v) is 2.84. The molecular weight excluding hydrogens is 331 g/mol. The molecule has 3 aliphatic rings. The Hall–Kier alpha value is -3.41. The predicted molar refractivity (Wildman–Crippen MR) is 97.8 cm³/mol. The summed E-state index contributed by atoms with van der Waals surface area (Å²) in [5.41, 5.74) is 2.41. The van der Waals surface area contributed by atoms with Crippen molar-refractivity contribution >= 4 is 11.7 Å². The number of nitrogens with one attached hydrogen (secondary N) is 1. The first-order valence-electron chi connectivity index (χ1n) is 8.28. The zero-order chi connectivity index (χ0) is 17.9. The van der Waals surface area contributed by atoms with Crippen LogP contribution in [-0.2, 0) is 11.3 Å². The normalized spacial score (nSPS) is 17.7. The fraction of sp³-hybridized carbons (Fsp3) is 0.100. The van der Waals surface area contributed by atoms with Crippen molar-refractivity contribution < 1.29 is 9.18 Å². The number of amidine groups is 1. The highest BCUT2D eigenvalue weighted by atomic mass is 19.1. The molecule has 26 heavy (non-hydrogen) atoms. The summed E-state index contributed by atoms with van der Waals surface area (Å²) >= 11 is 0. The van der Waals surface area contributed by atoms with Crippen LogP contribution in [0, 0.1) is 5.82 Å². The zero-order valence-corrected chi connectivity index (χ0v) is 14.0. The maximum absolute atomic E-state index is 12.9. The molecular formula is C20H17FN4O. The predicted octanol–water partition coefficient (Wildman–Crippen LogP) is 2.79. The molecule has 1 aromatic rings. The van der Waals surface area contributed by atoms with Gasteiger partial charge in [-0.05, 0) is 42.0 Å². The quantitative estimate of drug-likeness (QED) is 0.914. The average Bonchev–Trinajstić information content (AvgIpc) is 2.90. The van der Waals surface area contributed by atoms with E-state index < -0.39 is 0 Å². The first kappa shape index (κ1) is 16.1. The molecule has 5 nitrogen and oxygen atoms in total. The number of carbonyl (C=O) groups excluding carboxylic acids is 1. The zero-order valence-electron chi connectivity index (χ0n) is 14.0. The van der Waals surface area contributed by atoms with Crippen molar-refractivity contribution in [3.63, 3.8) is 0 Å². The van der Waals surface area contributed by atoms with E-state index in [-0.39, 0.29) is 11.7 Å². The average molecular weight is 348 g/mol. The Bertz CT molecular complexity index is 906. The molecule has 130 valence electrons. The van der Waals surface area contributed by atoms with Crippen molar-refractivity contribution in [3.05, 3.63) is 96.0 Å². The van der Waals surface area contributed by atoms with Gasteiger partial charge >= 0.3 is 0 Å². The number of allylic oxidation sites excluding steroid dienone is 3. The SMILES string of the molecule is O=C(NCc1ccc(F)cc1)C1=CN2CC3=NC=CC=CN3C=C2C=C1. The largest absolute Gasteiger partial charge is 0.348 e. The van der Waals surface area contributed by atoms with Gasteiger partial charge in [-0.3, -0.25) is 4.79 Å². The van der Waals surface area contributed by atoms with Gasteiger partial charge in [-0.15, -0.1) is 0 Å². The Balaban J connectivity index is 1.46. The molecule has 0 saturated carbocycles. The lowest BCUT2D eigenvalue weighted by Gasteiger charge is -2.34. The van der Waals surface area contributed by atoms with Crippen molar-refractivity contribution in [2.75, 3.05) is 6.54 Å². The molecule has 0 radical (unpaired) electrons. The van der Waals surface area contributed by atoms with Crippen LogP contribution in [0.1, 0.15) is 5.56 Å². The number of fused-ring (bicyclic) bond motifs is 2. The summed E-state index contributed by atoms with van der Waals surface area (Å²) in [5, 5.41) is 2.86. The minimum atomic E-state index is -0.289. The second kappa shape index (κ2) is 6.84. The number of benzene rings is 1. The van der Waals surface area contributed by atoms with E-state index in [1.165, 1.54) is 12.1 Å². The van der Waals surface area contributed by atoms with E-state index >= 15 is 0 Å². The Kier molecular flexibility index (Phi) is 4.23. The summed E-state index contributed by atoms with van der Waals surface area (Å²) in [7, 11) is 0. The topological polar surface area (TPSA) is 47.9 Å². The lowest BCUT2D eigenvalue weighted by molar-refractivity contribution is -0.117. The maximum atomic E-state index is 12.9. The second-order valence-electron chi connectivity index (χ2n) is 6.04. The summed E-state index contributed by atoms with van der Waals surface area (Å²) < 4.78 is 12.9. The highest BCUT2D eigenvalue weighted by Gasteiger charge is 2.23. The van der Waals surface area contributed by atoms with Crippen molar-refractivity contribution in [1.29, 1.82) is 0 Å². The number of hydrogen-bond acceptors (Lipinski definition) is 4. The molecule has 3 heterocycles. The van der Waals surface area contributed by atoms with Crippen LogP contribution < -0.4 is 5.32 Å². The highest BCUT2D eigenvalue weighted by Crippen LogP contribution is 2.23. The van der Waals surface area contributed by atoms with Crippen LogP contribution in [0.4, 0.5) is 4.39 Å². The second-order valence-corrected chi connectivity index (χ2v) is 6.04. The number of amides is 1. The number of halogens is 1. The maximum Gasteiger partial charge on any atom is 0.253 e. The van der Waals surface area contributed by atoms with Gasteiger partial charge in [0, 0.05) is 31.3 Å². The molecule has 4 rings (SSSR count). The minimum absolute atomic E-state index is 0.172. The molecule has 0 fully saturated rings. The van der Waals surface area contributed by atoms with E-state index in [4.69, 9.17) is 0 Å². The fourth-order valence-electron chi connectivity index (χ4n) is 2.84. The molecule has 0 atom stereocenters. The Morgan fingerprint density at radius 2 is 2.00 bits per heavy atom. The molecule has 0 unspecified atom stereocenters. The molecule has 0 spiro atoms. The van der Waals surface area contributed by atoms with Gasteiger partial charge in [-0.1, -0.05) is 12.1 Å². The summed E-state index contributed by atoms with van der Waals surface area (Å²) in [5.74, 6) is 0.425. The standard InChI is InChI=1S/C20H17FN4O/c21-17-6-3-15(4-7-17)11-23-20(26)16-5-8-18-13-24-10-2-1-9-22-19(24)14-25(18)12-16/h1-10,12-13H,11,14H2,(H,23,26). The van der Waals surface area contributed by atoms with Crippen molar-refractivity contribution in [2.45, 2.75) is 6.54 Å². The number of aliphatic imine (C=N–C) groups is 1. The van der Waals surface area contributed by atoms with Gasteiger partial charge in [-0.2, -0.15) is 0 Å². The molecule has 3 aliphatic heterocycles. The Morgan fingerprint density at radius 3 is 2.85 bits per heavy atom. The lowest BCUT2D eigenvalue weighted by Crippen LogP contribution is -2.39. The molecule has 1 aromatic carbocycles. The highest BCUT2D eigenvalue weighted by molar-refractivity contribution is 5.97. The van der Waals surface area contributed by atoms with Gasteiger partial charge in [-0.25, -0.2) is 9.38 Å². The molecule has 0 aromatic heterocycles. The van der Waals surface area contributed by atoms with Gasteiger partial charge < -0.3 is 15.1 Å². The molecule has 1 N–H and O–H groups in total. The van der Waals surface area contributed by atoms with Crippen molar-refractivity contribution in [1.82, 2.24) is 15.1 Å². The Labute approximate surface area is 150 Å². The van der Waals surface area contributed by atoms with E-state index in [1.807, 2.05) is 46.6 Å². The van der Waals surface area contributed by atoms with Gasteiger partial charge in [0.25, 0.3) is 5.91 Å². The van der Waals surface area contributed by atoms with Crippen LogP contribution in [0.2, 0.25) is 0 Å². The van der Waals surface area contributed by atoms with Crippen LogP contribution in [0.3, 0.4) is 0 Å². The number of rotatable bonds is 3. The van der Waals surface area contributed by atoms with E-state index in [1.54, 1.807) is 24.4 Å². The van der Waals surface area contributed by atoms with Gasteiger partial charge in [0.15, 0.2) is 0 Å². The smallest absolute Gasteiger partial charge is 0.253 e. The molecule has 1 amide bonds. The van der Waals surface area contributed by atoms with E-state index in [0.717, 1.165) is 17.1 Å². The van der Waals surface area contributed by atoms with E-state index in [0.29, 0.717) is 18.7 Å². The van der Waals surface area contributed by atoms with Crippen molar-refractivity contribution in [3.8, 4) is 0 Å². The van der Waals surface area contributed by atoms with Gasteiger partial charge in [0.2, 0.25) is 0 Å². The van der Waals surface area contributed by atoms with E-state index in [2.05, 4.69) is 10.3 Å². The van der Waals surface area contributed by atoms with Crippen LogP contribution in [-0.4, -0.2) is 28.1 Å². The number of hydrogen-bond donors (Lipinski definition) is 1. The lowest BCUT2D eigenvalue weighted by atomic mass is 10.1. The number of carbonyl (C=O) groups is 1. The van der Waals surface area contributed by atoms with Crippen LogP contribution in [0.15, 0.2) is 89.6 Å². The van der Waals surface area contributed by atoms with Gasteiger partial charge in [0.1, 0.15) is 11.7 Å². The third-order valence-electron chi connectivity index (χ3n) is 4.24. The van der Waals surface area contributed by atoms with Gasteiger partial charge in [0.05, 0.1) is 17.8 Å².